The molecule has 1 atom stereocenters. The largest absolute Gasteiger partial charge is 0.494 e. The van der Waals surface area contributed by atoms with E-state index in [1.54, 1.807) is 24.3 Å². The number of hydrogen-bond acceptors (Lipinski definition) is 5. The number of fused-ring (bicyclic) bond motifs is 1. The Labute approximate surface area is 179 Å². The zero-order chi connectivity index (χ0) is 21.7. The van der Waals surface area contributed by atoms with Crippen molar-refractivity contribution in [2.45, 2.75) is 18.2 Å². The Bertz CT molecular complexity index is 1150. The topological polar surface area (TPSA) is 79.4 Å². The lowest BCUT2D eigenvalue weighted by molar-refractivity contribution is 0.268. The first-order valence-electron chi connectivity index (χ1n) is 9.99. The maximum atomic E-state index is 13.7. The molecule has 0 fully saturated rings. The lowest BCUT2D eigenvalue weighted by Gasteiger charge is -2.17. The van der Waals surface area contributed by atoms with Crippen LogP contribution in [0.4, 0.5) is 5.69 Å². The smallest absolute Gasteiger partial charge is 0.124 e. The molecule has 0 aliphatic rings. The number of nitrogen functional groups attached to an aromatic ring is 1. The molecule has 3 N–H and O–H groups in total. The van der Waals surface area contributed by atoms with Crippen LogP contribution in [-0.4, -0.2) is 46.8 Å². The van der Waals surface area contributed by atoms with Crippen LogP contribution in [0.1, 0.15) is 18.9 Å². The molecule has 5 nitrogen and oxygen atoms in total. The third kappa shape index (κ3) is 4.66. The van der Waals surface area contributed by atoms with E-state index in [2.05, 4.69) is 24.7 Å². The van der Waals surface area contributed by atoms with Gasteiger partial charge in [0.05, 0.1) is 6.61 Å². The van der Waals surface area contributed by atoms with Crippen molar-refractivity contribution in [2.24, 2.45) is 0 Å². The minimum Gasteiger partial charge on any atom is -0.494 e. The normalized spacial score (nSPS) is 13.3. The van der Waals surface area contributed by atoms with Crippen LogP contribution in [0.2, 0.25) is 0 Å². The second kappa shape index (κ2) is 9.32. The third-order valence-corrected chi connectivity index (χ3v) is 7.14. The van der Waals surface area contributed by atoms with Gasteiger partial charge in [0.25, 0.3) is 0 Å². The molecule has 30 heavy (non-hydrogen) atoms. The van der Waals surface area contributed by atoms with Crippen molar-refractivity contribution in [2.75, 3.05) is 32.5 Å². The number of benzene rings is 3. The summed E-state index contributed by atoms with van der Waals surface area (Å²) in [6.45, 7) is 4.62. The number of nitrogens with one attached hydrogen (secondary N) is 1. The summed E-state index contributed by atoms with van der Waals surface area (Å²) in [6.07, 6.45) is 0.892. The van der Waals surface area contributed by atoms with Crippen LogP contribution in [0.5, 0.6) is 5.75 Å². The van der Waals surface area contributed by atoms with E-state index in [9.17, 15) is 4.21 Å². The molecule has 0 amide bonds. The Kier molecular flexibility index (Phi) is 6.80. The van der Waals surface area contributed by atoms with Gasteiger partial charge in [0.15, 0.2) is 0 Å². The van der Waals surface area contributed by atoms with Crippen LogP contribution < -0.4 is 10.5 Å². The van der Waals surface area contributed by atoms with E-state index >= 15 is 0 Å². The first-order chi connectivity index (χ1) is 14.3. The van der Waals surface area contributed by atoms with Crippen LogP contribution in [0, 0.1) is 5.41 Å². The van der Waals surface area contributed by atoms with Crippen LogP contribution in [-0.2, 0) is 9.52 Å². The number of anilines is 1. The zero-order valence-electron chi connectivity index (χ0n) is 17.6. The molecule has 6 heteroatoms. The Morgan fingerprint density at radius 2 is 1.90 bits per heavy atom. The van der Waals surface area contributed by atoms with Gasteiger partial charge in [0.1, 0.15) is 10.8 Å². The predicted molar refractivity (Wildman–Crippen MR) is 128 cm³/mol. The summed E-state index contributed by atoms with van der Waals surface area (Å²) in [4.78, 5) is 2.76. The fraction of sp³-hybridized carbons (Fsp3) is 0.250. The first kappa shape index (κ1) is 21.9. The molecule has 0 saturated carbocycles. The lowest BCUT2D eigenvalue weighted by atomic mass is 10.1. The minimum absolute atomic E-state index is 0.0903. The van der Waals surface area contributed by atoms with Crippen molar-refractivity contribution in [1.29, 1.82) is 5.41 Å². The highest BCUT2D eigenvalue weighted by Gasteiger charge is 2.21. The van der Waals surface area contributed by atoms with E-state index in [4.69, 9.17) is 15.9 Å². The van der Waals surface area contributed by atoms with E-state index in [0.29, 0.717) is 28.5 Å². The molecule has 0 aromatic heterocycles. The fourth-order valence-corrected chi connectivity index (χ4v) is 4.87. The van der Waals surface area contributed by atoms with Crippen molar-refractivity contribution in [3.63, 3.8) is 0 Å². The summed E-state index contributed by atoms with van der Waals surface area (Å²) in [6, 6.07) is 18.4. The number of nitrogens with zero attached hydrogens (tertiary/aromatic N) is 1. The highest BCUT2D eigenvalue weighted by atomic mass is 32.2. The van der Waals surface area contributed by atoms with Gasteiger partial charge < -0.3 is 15.4 Å². The standard InChI is InChI=1S/C24H29N3O2S/c1-4-27(2)15-8-16-29-19-13-14-22(25)21(17-19)24(26)30(3,28)23-12-7-10-18-9-5-6-11-20(18)23/h5-7,9-14,17,26H,3-4,8,15-16,25H2,1-2H3. The van der Waals surface area contributed by atoms with Gasteiger partial charge >= 0.3 is 0 Å². The van der Waals surface area contributed by atoms with Gasteiger partial charge in [0.2, 0.25) is 0 Å². The van der Waals surface area contributed by atoms with Gasteiger partial charge in [-0.2, -0.15) is 0 Å². The number of ether oxygens (including phenoxy) is 1. The lowest BCUT2D eigenvalue weighted by Crippen LogP contribution is -2.20. The fourth-order valence-electron chi connectivity index (χ4n) is 3.28. The van der Waals surface area contributed by atoms with Crippen LogP contribution in [0.25, 0.3) is 10.8 Å². The molecule has 0 heterocycles. The molecule has 3 aromatic rings. The Balaban J connectivity index is 1.86. The van der Waals surface area contributed by atoms with Gasteiger partial charge in [0, 0.05) is 32.2 Å². The average molecular weight is 424 g/mol. The molecule has 0 spiro atoms. The second-order valence-electron chi connectivity index (χ2n) is 7.33. The predicted octanol–water partition coefficient (Wildman–Crippen LogP) is 4.24. The summed E-state index contributed by atoms with van der Waals surface area (Å²) in [7, 11) is -0.986. The Hall–Kier alpha value is -2.83. The highest BCUT2D eigenvalue weighted by Crippen LogP contribution is 2.29. The van der Waals surface area contributed by atoms with E-state index in [1.807, 2.05) is 36.4 Å². The van der Waals surface area contributed by atoms with Crippen LogP contribution >= 0.6 is 0 Å². The quantitative estimate of drug-likeness (QED) is 0.187. The number of nitrogens with two attached hydrogens (primary N) is 1. The van der Waals surface area contributed by atoms with Crippen LogP contribution in [0.3, 0.4) is 0 Å². The van der Waals surface area contributed by atoms with Gasteiger partial charge in [-0.3, -0.25) is 9.62 Å². The van der Waals surface area contributed by atoms with Crippen molar-refractivity contribution in [1.82, 2.24) is 4.90 Å². The summed E-state index contributed by atoms with van der Waals surface area (Å²) in [5, 5.41) is 10.4. The molecular formula is C24H29N3O2S. The van der Waals surface area contributed by atoms with Crippen molar-refractivity contribution >= 4 is 36.9 Å². The summed E-state index contributed by atoms with van der Waals surface area (Å²) in [5.41, 5.74) is 6.91. The molecule has 158 valence electrons. The molecule has 1 unspecified atom stereocenters. The van der Waals surface area contributed by atoms with Crippen LogP contribution in [0.15, 0.2) is 65.6 Å². The summed E-state index contributed by atoms with van der Waals surface area (Å²) < 4.78 is 19.5. The van der Waals surface area contributed by atoms with Gasteiger partial charge in [-0.15, -0.1) is 0 Å². The van der Waals surface area contributed by atoms with E-state index in [0.717, 1.165) is 30.3 Å². The maximum absolute atomic E-state index is 13.7. The first-order valence-corrected chi connectivity index (χ1v) is 11.7. The van der Waals surface area contributed by atoms with Crippen molar-refractivity contribution in [3.05, 3.63) is 66.2 Å². The Morgan fingerprint density at radius 3 is 2.67 bits per heavy atom. The number of rotatable bonds is 8. The van der Waals surface area contributed by atoms with Gasteiger partial charge in [-0.25, -0.2) is 0 Å². The van der Waals surface area contributed by atoms with E-state index < -0.39 is 9.52 Å². The van der Waals surface area contributed by atoms with Gasteiger partial charge in [-0.05, 0) is 60.9 Å². The second-order valence-corrected chi connectivity index (χ2v) is 9.53. The molecule has 0 radical (unpaired) electrons. The van der Waals surface area contributed by atoms with Crippen molar-refractivity contribution < 1.29 is 8.95 Å². The zero-order valence-corrected chi connectivity index (χ0v) is 18.4. The molecule has 0 saturated heterocycles. The molecular weight excluding hydrogens is 394 g/mol. The van der Waals surface area contributed by atoms with E-state index in [-0.39, 0.29) is 5.04 Å². The average Bonchev–Trinajstić information content (AvgIpc) is 2.76. The molecule has 3 aromatic carbocycles. The third-order valence-electron chi connectivity index (χ3n) is 5.20. The molecule has 0 aliphatic heterocycles. The minimum atomic E-state index is -3.06. The van der Waals surface area contributed by atoms with Crippen molar-refractivity contribution in [3.8, 4) is 5.75 Å². The molecule has 0 bridgehead atoms. The monoisotopic (exact) mass is 423 g/mol. The SMILES string of the molecule is C=S(=O)(C(=N)c1cc(OCCCN(C)CC)ccc1N)c1cccc2ccccc12. The maximum Gasteiger partial charge on any atom is 0.124 e. The molecule has 0 aliphatic carbocycles. The highest BCUT2D eigenvalue weighted by molar-refractivity contribution is 8.14. The molecule has 3 rings (SSSR count). The van der Waals surface area contributed by atoms with Gasteiger partial charge in [-0.1, -0.05) is 43.3 Å². The summed E-state index contributed by atoms with van der Waals surface area (Å²) >= 11 is 0. The Morgan fingerprint density at radius 1 is 1.17 bits per heavy atom. The number of hydrogen-bond donors (Lipinski definition) is 2. The summed E-state index contributed by atoms with van der Waals surface area (Å²) in [5.74, 6) is 4.55. The van der Waals surface area contributed by atoms with E-state index in [1.165, 1.54) is 0 Å².